The van der Waals surface area contributed by atoms with Gasteiger partial charge in [0.1, 0.15) is 11.6 Å². The minimum absolute atomic E-state index is 0.0184. The molecular weight excluding hydrogens is 244 g/mol. The van der Waals surface area contributed by atoms with Crippen molar-refractivity contribution in [2.45, 2.75) is 13.0 Å². The lowest BCUT2D eigenvalue weighted by atomic mass is 10.1. The van der Waals surface area contributed by atoms with Crippen LogP contribution in [-0.4, -0.2) is 9.91 Å². The highest BCUT2D eigenvalue weighted by Gasteiger charge is 2.12. The molecule has 6 nitrogen and oxygen atoms in total. The monoisotopic (exact) mass is 258 g/mol. The summed E-state index contributed by atoms with van der Waals surface area (Å²) in [6.07, 6.45) is 0. The molecule has 2 aromatic rings. The van der Waals surface area contributed by atoms with E-state index in [1.165, 1.54) is 12.1 Å². The molecule has 0 spiro atoms. The van der Waals surface area contributed by atoms with Crippen LogP contribution in [-0.2, 0) is 0 Å². The van der Waals surface area contributed by atoms with Gasteiger partial charge in [-0.3, -0.25) is 10.1 Å². The number of rotatable bonds is 4. The van der Waals surface area contributed by atoms with Crippen LogP contribution in [0.2, 0.25) is 0 Å². The number of benzene rings is 1. The van der Waals surface area contributed by atoms with Crippen LogP contribution < -0.4 is 11.1 Å². The molecule has 1 atom stereocenters. The van der Waals surface area contributed by atoms with E-state index in [2.05, 4.69) is 10.3 Å². The zero-order valence-electron chi connectivity index (χ0n) is 10.4. The average molecular weight is 258 g/mol. The average Bonchev–Trinajstić information content (AvgIpc) is 2.39. The summed E-state index contributed by atoms with van der Waals surface area (Å²) < 4.78 is 0. The molecule has 1 aromatic carbocycles. The van der Waals surface area contributed by atoms with Crippen LogP contribution in [0.25, 0.3) is 0 Å². The van der Waals surface area contributed by atoms with Gasteiger partial charge >= 0.3 is 0 Å². The Labute approximate surface area is 110 Å². The maximum absolute atomic E-state index is 10.8. The molecule has 3 N–H and O–H groups in total. The van der Waals surface area contributed by atoms with Gasteiger partial charge in [-0.05, 0) is 12.5 Å². The second-order valence-corrected chi connectivity index (χ2v) is 4.17. The van der Waals surface area contributed by atoms with Gasteiger partial charge in [-0.15, -0.1) is 0 Å². The van der Waals surface area contributed by atoms with E-state index in [1.54, 1.807) is 0 Å². The molecule has 0 radical (unpaired) electrons. The minimum atomic E-state index is -0.490. The van der Waals surface area contributed by atoms with Crippen LogP contribution in [0.15, 0.2) is 42.5 Å². The third-order valence-electron chi connectivity index (χ3n) is 2.70. The first-order valence-electron chi connectivity index (χ1n) is 5.79. The largest absolute Gasteiger partial charge is 0.383 e. The number of nitro groups is 1. The number of nitrogens with zero attached hydrogens (tertiary/aromatic N) is 2. The number of aromatic nitrogens is 1. The van der Waals surface area contributed by atoms with Crippen LogP contribution >= 0.6 is 0 Å². The predicted molar refractivity (Wildman–Crippen MR) is 73.8 cm³/mol. The number of pyridine rings is 1. The zero-order valence-corrected chi connectivity index (χ0v) is 10.4. The van der Waals surface area contributed by atoms with Gasteiger partial charge in [0.2, 0.25) is 0 Å². The van der Waals surface area contributed by atoms with Gasteiger partial charge in [-0.2, -0.15) is 0 Å². The number of nitrogen functional groups attached to an aromatic ring is 1. The molecule has 0 aliphatic heterocycles. The van der Waals surface area contributed by atoms with Crippen molar-refractivity contribution in [3.8, 4) is 0 Å². The Morgan fingerprint density at radius 1 is 1.32 bits per heavy atom. The number of hydrogen-bond donors (Lipinski definition) is 2. The first-order valence-corrected chi connectivity index (χ1v) is 5.79. The molecular formula is C13H14N4O2. The van der Waals surface area contributed by atoms with Crippen molar-refractivity contribution in [1.29, 1.82) is 0 Å². The third-order valence-corrected chi connectivity index (χ3v) is 2.70. The first kappa shape index (κ1) is 12.8. The maximum atomic E-state index is 10.8. The van der Waals surface area contributed by atoms with Gasteiger partial charge in [0.25, 0.3) is 5.69 Å². The van der Waals surface area contributed by atoms with Crippen LogP contribution in [0.3, 0.4) is 0 Å². The highest BCUT2D eigenvalue weighted by molar-refractivity contribution is 5.53. The topological polar surface area (TPSA) is 94.1 Å². The molecule has 6 heteroatoms. The fourth-order valence-electron chi connectivity index (χ4n) is 1.76. The molecule has 0 aliphatic rings. The Kier molecular flexibility index (Phi) is 3.61. The van der Waals surface area contributed by atoms with Crippen molar-refractivity contribution >= 4 is 17.3 Å². The maximum Gasteiger partial charge on any atom is 0.276 e. The van der Waals surface area contributed by atoms with Crippen LogP contribution in [0.1, 0.15) is 18.5 Å². The molecule has 0 saturated heterocycles. The molecule has 1 heterocycles. The summed E-state index contributed by atoms with van der Waals surface area (Å²) in [5, 5.41) is 13.9. The smallest absolute Gasteiger partial charge is 0.276 e. The quantitative estimate of drug-likeness (QED) is 0.649. The second-order valence-electron chi connectivity index (χ2n) is 4.17. The van der Waals surface area contributed by atoms with E-state index in [1.807, 2.05) is 37.3 Å². The van der Waals surface area contributed by atoms with Crippen LogP contribution in [0.5, 0.6) is 0 Å². The molecule has 1 aromatic heterocycles. The summed E-state index contributed by atoms with van der Waals surface area (Å²) in [7, 11) is 0. The molecule has 1 unspecified atom stereocenters. The Hall–Kier alpha value is -2.63. The molecule has 19 heavy (non-hydrogen) atoms. The van der Waals surface area contributed by atoms with Crippen molar-refractivity contribution in [2.75, 3.05) is 11.1 Å². The van der Waals surface area contributed by atoms with Crippen LogP contribution in [0, 0.1) is 10.1 Å². The van der Waals surface area contributed by atoms with Crippen molar-refractivity contribution in [2.24, 2.45) is 0 Å². The second kappa shape index (κ2) is 5.34. The SMILES string of the molecule is CC(Nc1cc([N+](=O)[O-])cc(N)n1)c1ccccc1. The van der Waals surface area contributed by atoms with Crippen molar-refractivity contribution in [3.05, 3.63) is 58.1 Å². The van der Waals surface area contributed by atoms with E-state index < -0.39 is 4.92 Å². The normalized spacial score (nSPS) is 11.8. The summed E-state index contributed by atoms with van der Waals surface area (Å²) in [5.41, 5.74) is 6.55. The lowest BCUT2D eigenvalue weighted by molar-refractivity contribution is -0.384. The van der Waals surface area contributed by atoms with Gasteiger partial charge in [0.05, 0.1) is 17.1 Å². The molecule has 0 bridgehead atoms. The number of anilines is 2. The fourth-order valence-corrected chi connectivity index (χ4v) is 1.76. The summed E-state index contributed by atoms with van der Waals surface area (Å²) in [4.78, 5) is 14.3. The van der Waals surface area contributed by atoms with Crippen molar-refractivity contribution < 1.29 is 4.92 Å². The van der Waals surface area contributed by atoms with E-state index in [-0.39, 0.29) is 17.5 Å². The summed E-state index contributed by atoms with van der Waals surface area (Å²) in [5.74, 6) is 0.514. The first-order chi connectivity index (χ1) is 9.06. The van der Waals surface area contributed by atoms with Gasteiger partial charge in [0, 0.05) is 6.04 Å². The minimum Gasteiger partial charge on any atom is -0.383 e. The van der Waals surface area contributed by atoms with Gasteiger partial charge < -0.3 is 11.1 Å². The Morgan fingerprint density at radius 2 is 2.00 bits per heavy atom. The van der Waals surface area contributed by atoms with Gasteiger partial charge in [-0.25, -0.2) is 4.98 Å². The number of hydrogen-bond acceptors (Lipinski definition) is 5. The number of nitrogens with one attached hydrogen (secondary N) is 1. The fraction of sp³-hybridized carbons (Fsp3) is 0.154. The summed E-state index contributed by atoms with van der Waals surface area (Å²) in [6, 6.07) is 12.3. The van der Waals surface area contributed by atoms with E-state index in [0.717, 1.165) is 5.56 Å². The van der Waals surface area contributed by atoms with Crippen molar-refractivity contribution in [1.82, 2.24) is 4.98 Å². The highest BCUT2D eigenvalue weighted by atomic mass is 16.6. The molecule has 0 saturated carbocycles. The van der Waals surface area contributed by atoms with E-state index >= 15 is 0 Å². The van der Waals surface area contributed by atoms with Crippen molar-refractivity contribution in [3.63, 3.8) is 0 Å². The lowest BCUT2D eigenvalue weighted by Gasteiger charge is -2.14. The molecule has 98 valence electrons. The molecule has 2 rings (SSSR count). The highest BCUT2D eigenvalue weighted by Crippen LogP contribution is 2.22. The van der Waals surface area contributed by atoms with Gasteiger partial charge in [0.15, 0.2) is 0 Å². The van der Waals surface area contributed by atoms with E-state index in [4.69, 9.17) is 5.73 Å². The number of nitrogens with two attached hydrogens (primary N) is 1. The standard InChI is InChI=1S/C13H14N4O2/c1-9(10-5-3-2-4-6-10)15-13-8-11(17(18)19)7-12(14)16-13/h2-9H,1H3,(H3,14,15,16). The Morgan fingerprint density at radius 3 is 2.63 bits per heavy atom. The van der Waals surface area contributed by atoms with E-state index in [0.29, 0.717) is 5.82 Å². The van der Waals surface area contributed by atoms with Gasteiger partial charge in [-0.1, -0.05) is 30.3 Å². The molecule has 0 amide bonds. The Balaban J connectivity index is 2.21. The van der Waals surface area contributed by atoms with Crippen LogP contribution in [0.4, 0.5) is 17.3 Å². The third kappa shape index (κ3) is 3.19. The Bertz CT molecular complexity index is 586. The van der Waals surface area contributed by atoms with E-state index in [9.17, 15) is 10.1 Å². The zero-order chi connectivity index (χ0) is 13.8. The predicted octanol–water partition coefficient (Wildman–Crippen LogP) is 2.75. The lowest BCUT2D eigenvalue weighted by Crippen LogP contribution is -2.09. The summed E-state index contributed by atoms with van der Waals surface area (Å²) in [6.45, 7) is 1.95. The molecule has 0 aliphatic carbocycles. The molecule has 0 fully saturated rings. The summed E-state index contributed by atoms with van der Waals surface area (Å²) >= 11 is 0.